The van der Waals surface area contributed by atoms with Gasteiger partial charge >= 0.3 is 0 Å². The molecule has 1 saturated heterocycles. The van der Waals surface area contributed by atoms with Crippen molar-refractivity contribution in [3.63, 3.8) is 0 Å². The van der Waals surface area contributed by atoms with Crippen LogP contribution in [-0.4, -0.2) is 29.2 Å². The van der Waals surface area contributed by atoms with Gasteiger partial charge in [0.1, 0.15) is 0 Å². The van der Waals surface area contributed by atoms with Crippen LogP contribution >= 0.6 is 15.9 Å². The summed E-state index contributed by atoms with van der Waals surface area (Å²) in [5, 5.41) is 0.996. The van der Waals surface area contributed by atoms with Crippen molar-refractivity contribution in [1.82, 2.24) is 4.90 Å². The van der Waals surface area contributed by atoms with Crippen molar-refractivity contribution in [2.24, 2.45) is 11.8 Å². The van der Waals surface area contributed by atoms with Crippen LogP contribution in [0.5, 0.6) is 0 Å². The Labute approximate surface area is 137 Å². The Morgan fingerprint density at radius 2 is 2.10 bits per heavy atom. The second-order valence-corrected chi connectivity index (χ2v) is 6.87. The summed E-state index contributed by atoms with van der Waals surface area (Å²) < 4.78 is 0. The molecule has 116 valence electrons. The van der Waals surface area contributed by atoms with Gasteiger partial charge in [-0.25, -0.2) is 0 Å². The highest BCUT2D eigenvalue weighted by Crippen LogP contribution is 2.31. The fourth-order valence-corrected chi connectivity index (χ4v) is 3.73. The summed E-state index contributed by atoms with van der Waals surface area (Å²) in [6.45, 7) is 6.19. The van der Waals surface area contributed by atoms with E-state index in [4.69, 9.17) is 0 Å². The van der Waals surface area contributed by atoms with Crippen molar-refractivity contribution in [2.75, 3.05) is 18.4 Å². The van der Waals surface area contributed by atoms with E-state index in [1.165, 1.54) is 6.42 Å². The molecule has 1 aliphatic heterocycles. The van der Waals surface area contributed by atoms with Crippen LogP contribution in [0.25, 0.3) is 0 Å². The smallest absolute Gasteiger partial charge is 0.230 e. The molecule has 1 heterocycles. The van der Waals surface area contributed by atoms with E-state index in [0.717, 1.165) is 36.8 Å². The lowest BCUT2D eigenvalue weighted by Crippen LogP contribution is -2.44. The van der Waals surface area contributed by atoms with Crippen LogP contribution in [0.4, 0.5) is 0 Å². The van der Waals surface area contributed by atoms with Gasteiger partial charge in [-0.05, 0) is 30.2 Å². The molecule has 3 unspecified atom stereocenters. The molecule has 1 amide bonds. The Balaban J connectivity index is 2.18. The van der Waals surface area contributed by atoms with Crippen LogP contribution in [0.3, 0.4) is 0 Å². The summed E-state index contributed by atoms with van der Waals surface area (Å²) in [6.07, 6.45) is 3.39. The van der Waals surface area contributed by atoms with Crippen LogP contribution in [0.2, 0.25) is 0 Å². The molecule has 0 bridgehead atoms. The molecule has 2 rings (SSSR count). The SMILES string of the molecule is CCC(C)C(C(=O)N1CCCC(CBr)C1)c1ccccc1. The van der Waals surface area contributed by atoms with Gasteiger partial charge in [-0.3, -0.25) is 4.79 Å². The lowest BCUT2D eigenvalue weighted by atomic mass is 9.83. The van der Waals surface area contributed by atoms with Crippen LogP contribution in [0.1, 0.15) is 44.6 Å². The molecule has 21 heavy (non-hydrogen) atoms. The van der Waals surface area contributed by atoms with Gasteiger partial charge in [-0.15, -0.1) is 0 Å². The highest BCUT2D eigenvalue weighted by molar-refractivity contribution is 9.09. The van der Waals surface area contributed by atoms with Gasteiger partial charge in [0.05, 0.1) is 5.92 Å². The molecule has 1 aromatic rings. The van der Waals surface area contributed by atoms with Crippen LogP contribution in [0, 0.1) is 11.8 Å². The van der Waals surface area contributed by atoms with Gasteiger partial charge in [0, 0.05) is 18.4 Å². The molecule has 0 aliphatic carbocycles. The average Bonchev–Trinajstić information content (AvgIpc) is 2.55. The molecule has 1 aliphatic rings. The number of alkyl halides is 1. The summed E-state index contributed by atoms with van der Waals surface area (Å²) in [5.41, 5.74) is 1.16. The number of carbonyl (C=O) groups excluding carboxylic acids is 1. The first-order valence-electron chi connectivity index (χ1n) is 8.07. The van der Waals surface area contributed by atoms with Crippen LogP contribution < -0.4 is 0 Å². The Bertz CT molecular complexity index is 448. The normalized spacial score (nSPS) is 21.9. The molecule has 1 aromatic carbocycles. The molecule has 1 fully saturated rings. The van der Waals surface area contributed by atoms with E-state index < -0.39 is 0 Å². The first-order valence-corrected chi connectivity index (χ1v) is 9.19. The molecule has 0 saturated carbocycles. The molecular weight excluding hydrogens is 326 g/mol. The number of amides is 1. The quantitative estimate of drug-likeness (QED) is 0.717. The highest BCUT2D eigenvalue weighted by Gasteiger charge is 2.32. The number of rotatable bonds is 5. The molecule has 0 aromatic heterocycles. The number of benzene rings is 1. The third-order valence-corrected chi connectivity index (χ3v) is 5.60. The van der Waals surface area contributed by atoms with Gasteiger partial charge < -0.3 is 4.90 Å². The van der Waals surface area contributed by atoms with Gasteiger partial charge in [-0.2, -0.15) is 0 Å². The number of likely N-dealkylation sites (tertiary alicyclic amines) is 1. The molecule has 0 N–H and O–H groups in total. The van der Waals surface area contributed by atoms with E-state index in [1.807, 2.05) is 18.2 Å². The minimum atomic E-state index is 0.00488. The summed E-state index contributed by atoms with van der Waals surface area (Å²) in [5.74, 6) is 1.31. The van der Waals surface area contributed by atoms with Crippen LogP contribution in [-0.2, 0) is 4.79 Å². The zero-order valence-corrected chi connectivity index (χ0v) is 14.7. The van der Waals surface area contributed by atoms with Gasteiger partial charge in [0.2, 0.25) is 5.91 Å². The van der Waals surface area contributed by atoms with E-state index in [1.54, 1.807) is 0 Å². The van der Waals surface area contributed by atoms with Crippen molar-refractivity contribution in [1.29, 1.82) is 0 Å². The molecule has 3 heteroatoms. The minimum absolute atomic E-state index is 0.00488. The van der Waals surface area contributed by atoms with Gasteiger partial charge in [0.15, 0.2) is 0 Å². The topological polar surface area (TPSA) is 20.3 Å². The Hall–Kier alpha value is -0.830. The second kappa shape index (κ2) is 7.98. The van der Waals surface area contributed by atoms with Crippen molar-refractivity contribution in [2.45, 2.75) is 39.0 Å². The third-order valence-electron chi connectivity index (χ3n) is 4.69. The maximum atomic E-state index is 13.1. The molecule has 0 radical (unpaired) electrons. The zero-order valence-electron chi connectivity index (χ0n) is 13.1. The summed E-state index contributed by atoms with van der Waals surface area (Å²) in [6, 6.07) is 10.3. The Kier molecular flexibility index (Phi) is 6.28. The molecule has 2 nitrogen and oxygen atoms in total. The molecule has 3 atom stereocenters. The van der Waals surface area contributed by atoms with Crippen molar-refractivity contribution in [3.05, 3.63) is 35.9 Å². The average molecular weight is 352 g/mol. The first kappa shape index (κ1) is 16.5. The van der Waals surface area contributed by atoms with Gasteiger partial charge in [0.25, 0.3) is 0 Å². The minimum Gasteiger partial charge on any atom is -0.342 e. The molecular formula is C18H26BrNO. The van der Waals surface area contributed by atoms with E-state index >= 15 is 0 Å². The summed E-state index contributed by atoms with van der Waals surface area (Å²) >= 11 is 3.57. The van der Waals surface area contributed by atoms with E-state index in [9.17, 15) is 4.79 Å². The second-order valence-electron chi connectivity index (χ2n) is 6.22. The number of nitrogens with zero attached hydrogens (tertiary/aromatic N) is 1. The Morgan fingerprint density at radius 1 is 1.38 bits per heavy atom. The van der Waals surface area contributed by atoms with E-state index in [-0.39, 0.29) is 5.92 Å². The standard InChI is InChI=1S/C18H26BrNO/c1-3-14(2)17(16-9-5-4-6-10-16)18(21)20-11-7-8-15(12-19)13-20/h4-6,9-10,14-15,17H,3,7-8,11-13H2,1-2H3. The van der Waals surface area contributed by atoms with Crippen molar-refractivity contribution < 1.29 is 4.79 Å². The van der Waals surface area contributed by atoms with Crippen LogP contribution in [0.15, 0.2) is 30.3 Å². The molecule has 0 spiro atoms. The predicted octanol–water partition coefficient (Wildman–Crippen LogP) is 4.45. The number of piperidine rings is 1. The van der Waals surface area contributed by atoms with Crippen molar-refractivity contribution >= 4 is 21.8 Å². The zero-order chi connectivity index (χ0) is 15.2. The number of hydrogen-bond acceptors (Lipinski definition) is 1. The maximum absolute atomic E-state index is 13.1. The van der Waals surface area contributed by atoms with E-state index in [0.29, 0.717) is 17.7 Å². The third kappa shape index (κ3) is 4.09. The number of hydrogen-bond donors (Lipinski definition) is 0. The fourth-order valence-electron chi connectivity index (χ4n) is 3.20. The summed E-state index contributed by atoms with van der Waals surface area (Å²) in [7, 11) is 0. The predicted molar refractivity (Wildman–Crippen MR) is 91.7 cm³/mol. The fraction of sp³-hybridized carbons (Fsp3) is 0.611. The summed E-state index contributed by atoms with van der Waals surface area (Å²) in [4.78, 5) is 15.2. The Morgan fingerprint density at radius 3 is 2.71 bits per heavy atom. The highest BCUT2D eigenvalue weighted by atomic mass is 79.9. The maximum Gasteiger partial charge on any atom is 0.230 e. The van der Waals surface area contributed by atoms with E-state index in [2.05, 4.69) is 46.8 Å². The van der Waals surface area contributed by atoms with Crippen molar-refractivity contribution in [3.8, 4) is 0 Å². The lowest BCUT2D eigenvalue weighted by Gasteiger charge is -2.36. The first-order chi connectivity index (χ1) is 10.2. The monoisotopic (exact) mass is 351 g/mol. The lowest BCUT2D eigenvalue weighted by molar-refractivity contribution is -0.135. The number of carbonyl (C=O) groups is 1. The van der Waals surface area contributed by atoms with Gasteiger partial charge in [-0.1, -0.05) is 66.5 Å². The number of halogens is 1. The largest absolute Gasteiger partial charge is 0.342 e.